The maximum atomic E-state index is 6.28. The summed E-state index contributed by atoms with van der Waals surface area (Å²) >= 11 is 0. The van der Waals surface area contributed by atoms with E-state index in [2.05, 4.69) is 58.7 Å². The molecule has 0 unspecified atom stereocenters. The molecule has 1 saturated carbocycles. The molecule has 3 aliphatic heterocycles. The molecule has 1 aliphatic carbocycles. The highest BCUT2D eigenvalue weighted by atomic mass is 16.5. The van der Waals surface area contributed by atoms with Crippen LogP contribution >= 0.6 is 0 Å². The van der Waals surface area contributed by atoms with Crippen LogP contribution in [0.3, 0.4) is 0 Å². The summed E-state index contributed by atoms with van der Waals surface area (Å²) in [5.74, 6) is 3.11. The second kappa shape index (κ2) is 10.2. The number of benzene rings is 2. The van der Waals surface area contributed by atoms with Gasteiger partial charge in [0.05, 0.1) is 20.3 Å². The van der Waals surface area contributed by atoms with E-state index in [0.717, 1.165) is 31.4 Å². The molecular weight excluding hydrogens is 432 g/mol. The molecule has 4 atom stereocenters. The predicted octanol–water partition coefficient (Wildman–Crippen LogP) is 5.51. The molecule has 188 valence electrons. The fourth-order valence-corrected chi connectivity index (χ4v) is 7.91. The molecular formula is C31H42N2O2. The van der Waals surface area contributed by atoms with Gasteiger partial charge in [-0.05, 0) is 67.2 Å². The summed E-state index contributed by atoms with van der Waals surface area (Å²) in [6, 6.07) is 18.6. The molecule has 0 bridgehead atoms. The van der Waals surface area contributed by atoms with Gasteiger partial charge < -0.3 is 14.8 Å². The maximum Gasteiger partial charge on any atom is 0.124 e. The van der Waals surface area contributed by atoms with Gasteiger partial charge in [-0.2, -0.15) is 0 Å². The van der Waals surface area contributed by atoms with Crippen molar-refractivity contribution in [3.63, 3.8) is 0 Å². The predicted molar refractivity (Wildman–Crippen MR) is 141 cm³/mol. The van der Waals surface area contributed by atoms with E-state index in [9.17, 15) is 0 Å². The van der Waals surface area contributed by atoms with Crippen molar-refractivity contribution >= 4 is 0 Å². The summed E-state index contributed by atoms with van der Waals surface area (Å²) in [6.45, 7) is 5.97. The Bertz CT molecular complexity index is 989. The lowest BCUT2D eigenvalue weighted by Gasteiger charge is -2.48. The molecule has 4 heteroatoms. The average Bonchev–Trinajstić information content (AvgIpc) is 3.32. The molecule has 2 aromatic rings. The third-order valence-corrected chi connectivity index (χ3v) is 9.79. The van der Waals surface area contributed by atoms with Crippen LogP contribution in [0.15, 0.2) is 48.5 Å². The minimum Gasteiger partial charge on any atom is -0.496 e. The van der Waals surface area contributed by atoms with E-state index in [0.29, 0.717) is 24.5 Å². The SMILES string of the molecule is COc1cccc2c1COC[C@]21CNC[C@H]1CN1CC[C@@H](c2ccccc2)C[C@H]1C1CCCCC1. The van der Waals surface area contributed by atoms with Crippen LogP contribution in [0, 0.1) is 11.8 Å². The number of ether oxygens (including phenoxy) is 2. The lowest BCUT2D eigenvalue weighted by Crippen LogP contribution is -2.53. The van der Waals surface area contributed by atoms with E-state index in [1.807, 2.05) is 0 Å². The molecule has 4 aliphatic rings. The summed E-state index contributed by atoms with van der Waals surface area (Å²) < 4.78 is 12.0. The van der Waals surface area contributed by atoms with Crippen molar-refractivity contribution in [3.8, 4) is 5.75 Å². The minimum absolute atomic E-state index is 0.0511. The van der Waals surface area contributed by atoms with Gasteiger partial charge in [0.2, 0.25) is 0 Å². The number of nitrogens with one attached hydrogen (secondary N) is 1. The lowest BCUT2D eigenvalue weighted by atomic mass is 9.69. The summed E-state index contributed by atoms with van der Waals surface area (Å²) in [5, 5.41) is 3.78. The fraction of sp³-hybridized carbons (Fsp3) is 0.613. The number of hydrogen-bond donors (Lipinski definition) is 1. The lowest BCUT2D eigenvalue weighted by molar-refractivity contribution is 0.0118. The number of methoxy groups -OCH3 is 1. The minimum atomic E-state index is 0.0511. The molecule has 0 amide bonds. The molecule has 2 saturated heterocycles. The Morgan fingerprint density at radius 1 is 1.03 bits per heavy atom. The van der Waals surface area contributed by atoms with Crippen LogP contribution in [0.25, 0.3) is 0 Å². The zero-order valence-corrected chi connectivity index (χ0v) is 21.4. The second-order valence-corrected chi connectivity index (χ2v) is 11.6. The van der Waals surface area contributed by atoms with Crippen molar-refractivity contribution in [1.82, 2.24) is 10.2 Å². The quantitative estimate of drug-likeness (QED) is 0.619. The van der Waals surface area contributed by atoms with E-state index >= 15 is 0 Å². The Kier molecular flexibility index (Phi) is 6.88. The van der Waals surface area contributed by atoms with Gasteiger partial charge in [0, 0.05) is 36.7 Å². The third kappa shape index (κ3) is 4.43. The maximum absolute atomic E-state index is 6.28. The Labute approximate surface area is 211 Å². The molecule has 35 heavy (non-hydrogen) atoms. The number of nitrogens with zero attached hydrogens (tertiary/aromatic N) is 1. The van der Waals surface area contributed by atoms with Gasteiger partial charge in [-0.25, -0.2) is 0 Å². The first-order valence-corrected chi connectivity index (χ1v) is 14.0. The van der Waals surface area contributed by atoms with Crippen LogP contribution in [-0.4, -0.2) is 50.8 Å². The van der Waals surface area contributed by atoms with Crippen molar-refractivity contribution in [2.45, 2.75) is 68.9 Å². The van der Waals surface area contributed by atoms with Gasteiger partial charge in [-0.15, -0.1) is 0 Å². The normalized spacial score (nSPS) is 32.0. The zero-order chi connectivity index (χ0) is 23.7. The van der Waals surface area contributed by atoms with Crippen LogP contribution in [0.5, 0.6) is 5.75 Å². The topological polar surface area (TPSA) is 33.7 Å². The third-order valence-electron chi connectivity index (χ3n) is 9.79. The van der Waals surface area contributed by atoms with Crippen molar-refractivity contribution < 1.29 is 9.47 Å². The largest absolute Gasteiger partial charge is 0.496 e. The van der Waals surface area contributed by atoms with E-state index in [4.69, 9.17) is 9.47 Å². The van der Waals surface area contributed by atoms with E-state index < -0.39 is 0 Å². The van der Waals surface area contributed by atoms with Gasteiger partial charge >= 0.3 is 0 Å². The molecule has 0 radical (unpaired) electrons. The van der Waals surface area contributed by atoms with Crippen molar-refractivity contribution in [2.75, 3.05) is 39.9 Å². The molecule has 3 heterocycles. The van der Waals surface area contributed by atoms with Crippen molar-refractivity contribution in [3.05, 3.63) is 65.2 Å². The van der Waals surface area contributed by atoms with Gasteiger partial charge in [0.15, 0.2) is 0 Å². The van der Waals surface area contributed by atoms with Gasteiger partial charge in [-0.1, -0.05) is 61.7 Å². The van der Waals surface area contributed by atoms with Gasteiger partial charge in [-0.3, -0.25) is 4.90 Å². The molecule has 0 aromatic heterocycles. The van der Waals surface area contributed by atoms with Gasteiger partial charge in [0.1, 0.15) is 5.75 Å². The molecule has 6 rings (SSSR count). The highest BCUT2D eigenvalue weighted by Gasteiger charge is 2.49. The Balaban J connectivity index is 1.27. The second-order valence-electron chi connectivity index (χ2n) is 11.6. The van der Waals surface area contributed by atoms with Crippen LogP contribution in [-0.2, 0) is 16.8 Å². The summed E-state index contributed by atoms with van der Waals surface area (Å²) in [5.41, 5.74) is 4.33. The van der Waals surface area contributed by atoms with Gasteiger partial charge in [0.25, 0.3) is 0 Å². The summed E-state index contributed by atoms with van der Waals surface area (Å²) in [7, 11) is 1.78. The van der Waals surface area contributed by atoms with Crippen LogP contribution in [0.4, 0.5) is 0 Å². The molecule has 4 nitrogen and oxygen atoms in total. The highest BCUT2D eigenvalue weighted by Crippen LogP contribution is 2.46. The Morgan fingerprint density at radius 2 is 1.89 bits per heavy atom. The monoisotopic (exact) mass is 474 g/mol. The smallest absolute Gasteiger partial charge is 0.124 e. The number of rotatable bonds is 5. The zero-order valence-electron chi connectivity index (χ0n) is 21.4. The Hall–Kier alpha value is -1.88. The first-order chi connectivity index (χ1) is 17.3. The van der Waals surface area contributed by atoms with E-state index in [1.165, 1.54) is 69.2 Å². The standard InChI is InChI=1S/C31H42N2O2/c1-34-30-14-8-13-28-27(30)20-35-22-31(28)21-32-18-26(31)19-33-16-15-25(23-9-4-2-5-10-23)17-29(33)24-11-6-3-7-12-24/h2,4-5,8-10,13-14,24-26,29,32H,3,6-7,11-12,15-22H2,1H3/t25-,26+,29+,31+/m1/s1. The Morgan fingerprint density at radius 3 is 2.71 bits per heavy atom. The van der Waals surface area contributed by atoms with Crippen molar-refractivity contribution in [2.24, 2.45) is 11.8 Å². The first kappa shape index (κ1) is 23.5. The summed E-state index contributed by atoms with van der Waals surface area (Å²) in [4.78, 5) is 2.92. The molecule has 2 aromatic carbocycles. The number of piperidine rings is 1. The highest BCUT2D eigenvalue weighted by molar-refractivity contribution is 5.47. The molecule has 1 N–H and O–H groups in total. The fourth-order valence-electron chi connectivity index (χ4n) is 7.91. The number of fused-ring (bicyclic) bond motifs is 2. The van der Waals surface area contributed by atoms with E-state index in [-0.39, 0.29) is 5.41 Å². The number of likely N-dealkylation sites (tertiary alicyclic amines) is 1. The van der Waals surface area contributed by atoms with Crippen LogP contribution in [0.2, 0.25) is 0 Å². The van der Waals surface area contributed by atoms with Crippen LogP contribution < -0.4 is 10.1 Å². The molecule has 1 spiro atoms. The van der Waals surface area contributed by atoms with E-state index in [1.54, 1.807) is 12.7 Å². The van der Waals surface area contributed by atoms with Crippen molar-refractivity contribution in [1.29, 1.82) is 0 Å². The summed E-state index contributed by atoms with van der Waals surface area (Å²) in [6.07, 6.45) is 9.70. The molecule has 3 fully saturated rings. The van der Waals surface area contributed by atoms with Crippen LogP contribution in [0.1, 0.15) is 67.6 Å². The number of hydrogen-bond acceptors (Lipinski definition) is 4. The average molecular weight is 475 g/mol. The first-order valence-electron chi connectivity index (χ1n) is 14.0.